The lowest BCUT2D eigenvalue weighted by Crippen LogP contribution is -2.65. The van der Waals surface area contributed by atoms with Crippen molar-refractivity contribution < 1.29 is 43.9 Å². The largest absolute Gasteiger partial charge is 0.393 e. The molecule has 0 unspecified atom stereocenters. The first kappa shape index (κ1) is 23.0. The molecule has 3 nitrogen and oxygen atoms in total. The van der Waals surface area contributed by atoms with Crippen molar-refractivity contribution in [1.82, 2.24) is 9.97 Å². The summed E-state index contributed by atoms with van der Waals surface area (Å²) in [5, 5.41) is -6.30. The Balaban J connectivity index is 2.65. The molecule has 0 fully saturated rings. The van der Waals surface area contributed by atoms with Crippen LogP contribution in [0.1, 0.15) is 5.69 Å². The number of H-pyrrole nitrogens is 1. The molecular formula is C15H7ClF10N2O. The molecule has 0 amide bonds. The minimum absolute atomic E-state index is 0.130. The molecule has 2 aromatic rings. The van der Waals surface area contributed by atoms with Crippen molar-refractivity contribution in [3.05, 3.63) is 52.4 Å². The molecule has 2 rings (SSSR count). The van der Waals surface area contributed by atoms with Crippen LogP contribution in [0.4, 0.5) is 43.9 Å². The number of benzene rings is 1. The summed E-state index contributed by atoms with van der Waals surface area (Å²) in [4.78, 5) is 16.3. The molecule has 1 aromatic carbocycles. The minimum atomic E-state index is -7.34. The lowest BCUT2D eigenvalue weighted by Gasteiger charge is -2.37. The van der Waals surface area contributed by atoms with Crippen molar-refractivity contribution in [3.63, 3.8) is 0 Å². The number of rotatable bonds is 6. The monoisotopic (exact) mass is 456 g/mol. The van der Waals surface area contributed by atoms with Gasteiger partial charge in [-0.1, -0.05) is 30.3 Å². The second-order valence-electron chi connectivity index (χ2n) is 5.64. The zero-order valence-corrected chi connectivity index (χ0v) is 14.2. The Kier molecular flexibility index (Phi) is 5.45. The van der Waals surface area contributed by atoms with Gasteiger partial charge in [-0.2, -0.15) is 43.9 Å². The van der Waals surface area contributed by atoms with Crippen molar-refractivity contribution in [1.29, 1.82) is 0 Å². The quantitative estimate of drug-likeness (QED) is 0.476. The Morgan fingerprint density at radius 1 is 0.793 bits per heavy atom. The second-order valence-corrected chi connectivity index (χ2v) is 6.12. The van der Waals surface area contributed by atoms with Crippen LogP contribution >= 0.6 is 11.6 Å². The molecule has 0 atom stereocenters. The zero-order valence-electron chi connectivity index (χ0n) is 13.5. The number of hydrogen-bond donors (Lipinski definition) is 1. The molecule has 0 saturated heterocycles. The SMILES string of the molecule is O=c1cc(C(F)(F)C(F)(F)C(F)(F)C(F)(F)C(F)(F)Cl)nc(-c2ccccc2)[nH]1. The highest BCUT2D eigenvalue weighted by atomic mass is 35.5. The van der Waals surface area contributed by atoms with Gasteiger partial charge in [0, 0.05) is 11.6 Å². The predicted molar refractivity (Wildman–Crippen MR) is 79.8 cm³/mol. The summed E-state index contributed by atoms with van der Waals surface area (Å²) in [6.07, 6.45) is 0. The standard InChI is InChI=1S/C15H7ClF10N2O/c16-15(25,26)14(23,24)13(21,22)12(19,20)11(17,18)8-6-9(29)28-10(27-8)7-4-2-1-3-5-7/h1-6H,(H,27,28,29). The Morgan fingerprint density at radius 2 is 1.31 bits per heavy atom. The minimum Gasteiger partial charge on any atom is -0.307 e. The molecule has 0 spiro atoms. The Morgan fingerprint density at radius 3 is 1.79 bits per heavy atom. The molecule has 1 heterocycles. The summed E-state index contributed by atoms with van der Waals surface area (Å²) in [5.74, 6) is -28.6. The van der Waals surface area contributed by atoms with E-state index < -0.39 is 46.1 Å². The molecule has 0 aliphatic carbocycles. The summed E-state index contributed by atoms with van der Waals surface area (Å²) >= 11 is 3.73. The fourth-order valence-electron chi connectivity index (χ4n) is 2.08. The predicted octanol–water partition coefficient (Wildman–Crippen LogP) is 5.27. The second kappa shape index (κ2) is 6.89. The highest BCUT2D eigenvalue weighted by Gasteiger charge is 2.86. The number of hydrogen-bond acceptors (Lipinski definition) is 2. The fraction of sp³-hybridized carbons (Fsp3) is 0.333. The van der Waals surface area contributed by atoms with Gasteiger partial charge in [0.15, 0.2) is 0 Å². The number of aromatic nitrogens is 2. The van der Waals surface area contributed by atoms with Crippen LogP contribution in [0.25, 0.3) is 11.4 Å². The molecule has 14 heteroatoms. The van der Waals surface area contributed by atoms with Gasteiger partial charge in [-0.15, -0.1) is 0 Å². The maximum Gasteiger partial charge on any atom is 0.393 e. The molecule has 29 heavy (non-hydrogen) atoms. The van der Waals surface area contributed by atoms with E-state index in [0.29, 0.717) is 0 Å². The van der Waals surface area contributed by atoms with Crippen LogP contribution in [0.2, 0.25) is 0 Å². The Labute approximate surface area is 159 Å². The van der Waals surface area contributed by atoms with Crippen molar-refractivity contribution in [3.8, 4) is 11.4 Å². The van der Waals surface area contributed by atoms with Gasteiger partial charge in [0.05, 0.1) is 0 Å². The molecule has 160 valence electrons. The van der Waals surface area contributed by atoms with Crippen LogP contribution in [-0.4, -0.2) is 33.1 Å². The summed E-state index contributed by atoms with van der Waals surface area (Å²) in [6.45, 7) is 0. The van der Waals surface area contributed by atoms with Gasteiger partial charge in [0.2, 0.25) is 0 Å². The number of alkyl halides is 11. The number of aromatic amines is 1. The van der Waals surface area contributed by atoms with E-state index in [-0.39, 0.29) is 11.6 Å². The van der Waals surface area contributed by atoms with E-state index in [4.69, 9.17) is 0 Å². The van der Waals surface area contributed by atoms with Crippen LogP contribution in [0.15, 0.2) is 41.2 Å². The van der Waals surface area contributed by atoms with Crippen molar-refractivity contribution in [2.75, 3.05) is 0 Å². The normalized spacial score (nSPS) is 14.2. The molecule has 1 aromatic heterocycles. The van der Waals surface area contributed by atoms with Gasteiger partial charge in [-0.25, -0.2) is 4.98 Å². The van der Waals surface area contributed by atoms with Gasteiger partial charge in [-0.05, 0) is 11.6 Å². The van der Waals surface area contributed by atoms with Gasteiger partial charge >= 0.3 is 29.1 Å². The average molecular weight is 457 g/mol. The smallest absolute Gasteiger partial charge is 0.307 e. The highest BCUT2D eigenvalue weighted by molar-refractivity contribution is 6.22. The van der Waals surface area contributed by atoms with Crippen LogP contribution in [0.5, 0.6) is 0 Å². The third-order valence-electron chi connectivity index (χ3n) is 3.65. The summed E-state index contributed by atoms with van der Waals surface area (Å²) in [7, 11) is 0. The van der Waals surface area contributed by atoms with E-state index in [1.54, 1.807) is 0 Å². The van der Waals surface area contributed by atoms with E-state index >= 15 is 0 Å². The molecule has 0 aliphatic heterocycles. The van der Waals surface area contributed by atoms with Crippen LogP contribution in [-0.2, 0) is 5.92 Å². The lowest BCUT2D eigenvalue weighted by atomic mass is 9.96. The van der Waals surface area contributed by atoms with Crippen LogP contribution in [0, 0.1) is 0 Å². The molecule has 1 N–H and O–H groups in total. The zero-order chi connectivity index (χ0) is 22.5. The Hall–Kier alpha value is -2.31. The first-order valence-corrected chi connectivity index (χ1v) is 7.60. The van der Waals surface area contributed by atoms with Crippen molar-refractivity contribution in [2.24, 2.45) is 0 Å². The fourth-order valence-corrected chi connectivity index (χ4v) is 2.20. The third kappa shape index (κ3) is 3.55. The maximum absolute atomic E-state index is 14.2. The van der Waals surface area contributed by atoms with E-state index in [9.17, 15) is 48.7 Å². The van der Waals surface area contributed by atoms with Gasteiger partial charge in [0.25, 0.3) is 5.56 Å². The molecular weight excluding hydrogens is 450 g/mol. The first-order valence-electron chi connectivity index (χ1n) is 7.22. The summed E-state index contributed by atoms with van der Waals surface area (Å²) < 4.78 is 134. The number of nitrogens with one attached hydrogen (secondary N) is 1. The lowest BCUT2D eigenvalue weighted by molar-refractivity contribution is -0.393. The van der Waals surface area contributed by atoms with Crippen LogP contribution in [0.3, 0.4) is 0 Å². The van der Waals surface area contributed by atoms with Crippen LogP contribution < -0.4 is 5.56 Å². The maximum atomic E-state index is 14.2. The Bertz CT molecular complexity index is 940. The van der Waals surface area contributed by atoms with Crippen molar-refractivity contribution >= 4 is 11.6 Å². The highest BCUT2D eigenvalue weighted by Crippen LogP contribution is 2.59. The number of halogens is 11. The molecule has 0 saturated carbocycles. The van der Waals surface area contributed by atoms with E-state index in [1.165, 1.54) is 18.2 Å². The van der Waals surface area contributed by atoms with Gasteiger partial charge in [0.1, 0.15) is 11.5 Å². The average Bonchev–Trinajstić information content (AvgIpc) is 2.60. The molecule has 0 radical (unpaired) electrons. The first-order chi connectivity index (χ1) is 13.0. The number of nitrogens with zero attached hydrogens (tertiary/aromatic N) is 1. The summed E-state index contributed by atoms with van der Waals surface area (Å²) in [5.41, 5.74) is -4.00. The van der Waals surface area contributed by atoms with E-state index in [0.717, 1.165) is 12.1 Å². The molecule has 0 aliphatic rings. The van der Waals surface area contributed by atoms with E-state index in [2.05, 4.69) is 16.6 Å². The summed E-state index contributed by atoms with van der Waals surface area (Å²) in [6, 6.07) is 6.03. The molecule has 0 bridgehead atoms. The third-order valence-corrected chi connectivity index (χ3v) is 3.89. The van der Waals surface area contributed by atoms with E-state index in [1.807, 2.05) is 4.98 Å². The van der Waals surface area contributed by atoms with Crippen molar-refractivity contribution in [2.45, 2.75) is 29.1 Å². The van der Waals surface area contributed by atoms with Gasteiger partial charge in [-0.3, -0.25) is 4.79 Å². The topological polar surface area (TPSA) is 45.8 Å². The van der Waals surface area contributed by atoms with Gasteiger partial charge < -0.3 is 4.98 Å².